The van der Waals surface area contributed by atoms with Gasteiger partial charge < -0.3 is 14.8 Å². The Hall–Kier alpha value is -3.75. The lowest BCUT2D eigenvalue weighted by Gasteiger charge is -2.29. The fourth-order valence-corrected chi connectivity index (χ4v) is 4.74. The Morgan fingerprint density at radius 3 is 2.91 bits per heavy atom. The van der Waals surface area contributed by atoms with Crippen molar-refractivity contribution in [1.29, 1.82) is 0 Å². The number of aromatic nitrogens is 1. The Balaban J connectivity index is 1.38. The van der Waals surface area contributed by atoms with Crippen LogP contribution in [0.5, 0.6) is 5.75 Å². The molecule has 0 fully saturated rings. The SMILES string of the molecule is COCCc1nc(-c2ccc3c(c2)N(CC(=O)Nc2cccc4ccccc24)C(=O)CO3)cs1. The summed E-state index contributed by atoms with van der Waals surface area (Å²) in [5.41, 5.74) is 2.95. The van der Waals surface area contributed by atoms with E-state index in [4.69, 9.17) is 9.47 Å². The van der Waals surface area contributed by atoms with Gasteiger partial charge in [0.25, 0.3) is 5.91 Å². The lowest BCUT2D eigenvalue weighted by atomic mass is 10.1. The molecule has 5 rings (SSSR count). The van der Waals surface area contributed by atoms with Crippen LogP contribution in [-0.4, -0.2) is 43.7 Å². The number of amides is 2. The molecular formula is C26H23N3O4S. The third-order valence-electron chi connectivity index (χ3n) is 5.63. The topological polar surface area (TPSA) is 80.8 Å². The van der Waals surface area contributed by atoms with Crippen molar-refractivity contribution < 1.29 is 19.1 Å². The molecule has 1 aliphatic rings. The van der Waals surface area contributed by atoms with Gasteiger partial charge >= 0.3 is 0 Å². The zero-order valence-electron chi connectivity index (χ0n) is 18.6. The van der Waals surface area contributed by atoms with Crippen LogP contribution in [-0.2, 0) is 20.7 Å². The van der Waals surface area contributed by atoms with E-state index in [1.54, 1.807) is 18.4 Å². The average molecular weight is 474 g/mol. The minimum atomic E-state index is -0.279. The van der Waals surface area contributed by atoms with Crippen molar-refractivity contribution in [2.24, 2.45) is 0 Å². The first-order valence-corrected chi connectivity index (χ1v) is 11.8. The van der Waals surface area contributed by atoms with Crippen LogP contribution in [0.2, 0.25) is 0 Å². The molecule has 0 radical (unpaired) electrons. The van der Waals surface area contributed by atoms with Gasteiger partial charge in [0.2, 0.25) is 5.91 Å². The zero-order chi connectivity index (χ0) is 23.5. The molecule has 1 N–H and O–H groups in total. The van der Waals surface area contributed by atoms with Gasteiger partial charge in [-0.05, 0) is 29.7 Å². The first-order valence-electron chi connectivity index (χ1n) is 10.9. The average Bonchev–Trinajstić information content (AvgIpc) is 3.33. The number of anilines is 2. The van der Waals surface area contributed by atoms with Crippen LogP contribution < -0.4 is 15.0 Å². The zero-order valence-corrected chi connectivity index (χ0v) is 19.4. The number of carbonyl (C=O) groups is 2. The fourth-order valence-electron chi connectivity index (χ4n) is 3.95. The van der Waals surface area contributed by atoms with Crippen LogP contribution in [0.1, 0.15) is 5.01 Å². The number of nitrogens with zero attached hydrogens (tertiary/aromatic N) is 2. The highest BCUT2D eigenvalue weighted by Gasteiger charge is 2.28. The van der Waals surface area contributed by atoms with Gasteiger partial charge in [0.15, 0.2) is 6.61 Å². The van der Waals surface area contributed by atoms with Gasteiger partial charge in [-0.2, -0.15) is 0 Å². The summed E-state index contributed by atoms with van der Waals surface area (Å²) in [7, 11) is 1.67. The van der Waals surface area contributed by atoms with Crippen molar-refractivity contribution in [3.05, 3.63) is 71.1 Å². The molecule has 1 aromatic heterocycles. The Bertz CT molecular complexity index is 1360. The molecule has 8 heteroatoms. The maximum Gasteiger partial charge on any atom is 0.265 e. The van der Waals surface area contributed by atoms with E-state index in [1.165, 1.54) is 4.90 Å². The summed E-state index contributed by atoms with van der Waals surface area (Å²) >= 11 is 1.57. The van der Waals surface area contributed by atoms with Gasteiger partial charge in [-0.15, -0.1) is 11.3 Å². The van der Waals surface area contributed by atoms with Crippen molar-refractivity contribution in [2.75, 3.05) is 37.1 Å². The third-order valence-corrected chi connectivity index (χ3v) is 6.54. The van der Waals surface area contributed by atoms with Gasteiger partial charge in [-0.1, -0.05) is 36.4 Å². The predicted molar refractivity (Wildman–Crippen MR) is 134 cm³/mol. The standard InChI is InChI=1S/C26H23N3O4S/c1-32-12-11-25-28-21(16-34-25)18-9-10-23-22(13-18)29(26(31)15-33-23)14-24(30)27-20-8-4-6-17-5-2-3-7-19(17)20/h2-10,13,16H,11-12,14-15H2,1H3,(H,27,30). The van der Waals surface area contributed by atoms with Crippen molar-refractivity contribution in [3.63, 3.8) is 0 Å². The molecule has 4 aromatic rings. The molecule has 172 valence electrons. The van der Waals surface area contributed by atoms with Crippen LogP contribution >= 0.6 is 11.3 Å². The molecule has 7 nitrogen and oxygen atoms in total. The van der Waals surface area contributed by atoms with Crippen LogP contribution in [0, 0.1) is 0 Å². The second-order valence-electron chi connectivity index (χ2n) is 7.90. The second-order valence-corrected chi connectivity index (χ2v) is 8.84. The number of benzene rings is 3. The van der Waals surface area contributed by atoms with Gasteiger partial charge in [0.05, 0.1) is 23.0 Å². The normalized spacial score (nSPS) is 13.0. The maximum atomic E-state index is 13.0. The van der Waals surface area contributed by atoms with E-state index in [-0.39, 0.29) is 25.0 Å². The number of ether oxygens (including phenoxy) is 2. The van der Waals surface area contributed by atoms with E-state index >= 15 is 0 Å². The summed E-state index contributed by atoms with van der Waals surface area (Å²) in [4.78, 5) is 31.8. The molecule has 0 unspecified atom stereocenters. The molecule has 0 aliphatic carbocycles. The van der Waals surface area contributed by atoms with Gasteiger partial charge in [-0.25, -0.2) is 4.98 Å². The number of carbonyl (C=O) groups excluding carboxylic acids is 2. The number of nitrogens with one attached hydrogen (secondary N) is 1. The van der Waals surface area contributed by atoms with Crippen molar-refractivity contribution in [1.82, 2.24) is 4.98 Å². The molecule has 0 spiro atoms. The van der Waals surface area contributed by atoms with E-state index in [9.17, 15) is 9.59 Å². The molecule has 3 aromatic carbocycles. The molecule has 1 aliphatic heterocycles. The van der Waals surface area contributed by atoms with Crippen molar-refractivity contribution in [3.8, 4) is 17.0 Å². The van der Waals surface area contributed by atoms with Crippen LogP contribution in [0.3, 0.4) is 0 Å². The van der Waals surface area contributed by atoms with E-state index in [0.717, 1.165) is 33.5 Å². The number of fused-ring (bicyclic) bond motifs is 2. The lowest BCUT2D eigenvalue weighted by molar-refractivity contribution is -0.123. The van der Waals surface area contributed by atoms with E-state index < -0.39 is 0 Å². The van der Waals surface area contributed by atoms with Gasteiger partial charge in [0.1, 0.15) is 12.3 Å². The Kier molecular flexibility index (Phi) is 6.24. The molecule has 0 saturated heterocycles. The monoisotopic (exact) mass is 473 g/mol. The minimum Gasteiger partial charge on any atom is -0.482 e. The summed E-state index contributed by atoms with van der Waals surface area (Å²) in [6, 6.07) is 19.2. The molecule has 2 heterocycles. The summed E-state index contributed by atoms with van der Waals surface area (Å²) in [5, 5.41) is 7.90. The summed E-state index contributed by atoms with van der Waals surface area (Å²) in [6.07, 6.45) is 0.744. The first-order chi connectivity index (χ1) is 16.6. The number of methoxy groups -OCH3 is 1. The number of hydrogen-bond acceptors (Lipinski definition) is 6. The van der Waals surface area contributed by atoms with E-state index in [1.807, 2.05) is 66.0 Å². The fraction of sp³-hybridized carbons (Fsp3) is 0.192. The highest BCUT2D eigenvalue weighted by atomic mass is 32.1. The molecule has 34 heavy (non-hydrogen) atoms. The molecule has 0 saturated carbocycles. The molecule has 0 bridgehead atoms. The molecule has 0 atom stereocenters. The van der Waals surface area contributed by atoms with Crippen LogP contribution in [0.4, 0.5) is 11.4 Å². The Morgan fingerprint density at radius 2 is 2.03 bits per heavy atom. The van der Waals surface area contributed by atoms with E-state index in [0.29, 0.717) is 23.7 Å². The largest absolute Gasteiger partial charge is 0.482 e. The summed E-state index contributed by atoms with van der Waals surface area (Å²) in [5.74, 6) is 0.0198. The van der Waals surface area contributed by atoms with Crippen molar-refractivity contribution in [2.45, 2.75) is 6.42 Å². The highest BCUT2D eigenvalue weighted by molar-refractivity contribution is 7.09. The minimum absolute atomic E-state index is 0.105. The van der Waals surface area contributed by atoms with Gasteiger partial charge in [-0.3, -0.25) is 14.5 Å². The highest BCUT2D eigenvalue weighted by Crippen LogP contribution is 2.36. The van der Waals surface area contributed by atoms with Crippen molar-refractivity contribution >= 4 is 45.3 Å². The summed E-state index contributed by atoms with van der Waals surface area (Å²) < 4.78 is 10.7. The predicted octanol–water partition coefficient (Wildman–Crippen LogP) is 4.52. The number of hydrogen-bond donors (Lipinski definition) is 1. The quantitative estimate of drug-likeness (QED) is 0.427. The van der Waals surface area contributed by atoms with Crippen LogP contribution in [0.25, 0.3) is 22.0 Å². The van der Waals surface area contributed by atoms with Gasteiger partial charge in [0, 0.05) is 35.5 Å². The van der Waals surface area contributed by atoms with E-state index in [2.05, 4.69) is 10.3 Å². The molecule has 2 amide bonds. The first kappa shape index (κ1) is 22.1. The lowest BCUT2D eigenvalue weighted by Crippen LogP contribution is -2.43. The third kappa shape index (κ3) is 4.50. The Morgan fingerprint density at radius 1 is 1.18 bits per heavy atom. The summed E-state index contributed by atoms with van der Waals surface area (Å²) in [6.45, 7) is 0.392. The smallest absolute Gasteiger partial charge is 0.265 e. The van der Waals surface area contributed by atoms with Crippen LogP contribution in [0.15, 0.2) is 66.0 Å². The molecular weight excluding hydrogens is 450 g/mol. The second kappa shape index (κ2) is 9.62. The number of rotatable bonds is 7. The number of thiazole rings is 1. The Labute approximate surface area is 200 Å². The maximum absolute atomic E-state index is 13.0.